The van der Waals surface area contributed by atoms with Gasteiger partial charge < -0.3 is 24.4 Å². The zero-order chi connectivity index (χ0) is 25.0. The first-order chi connectivity index (χ1) is 17.0. The number of ether oxygens (including phenoxy) is 3. The Morgan fingerprint density at radius 2 is 1.71 bits per heavy atom. The van der Waals surface area contributed by atoms with Crippen LogP contribution < -0.4 is 14.8 Å². The lowest BCUT2D eigenvalue weighted by Gasteiger charge is -2.26. The molecule has 0 saturated carbocycles. The van der Waals surface area contributed by atoms with E-state index in [4.69, 9.17) is 14.2 Å². The molecule has 1 saturated heterocycles. The van der Waals surface area contributed by atoms with Crippen molar-refractivity contribution in [1.82, 2.24) is 10.2 Å². The van der Waals surface area contributed by atoms with Crippen LogP contribution >= 0.6 is 0 Å². The summed E-state index contributed by atoms with van der Waals surface area (Å²) in [6.45, 7) is 5.56. The number of piperidine rings is 1. The number of nitrogens with zero attached hydrogens (tertiary/aromatic N) is 1. The molecule has 0 aliphatic carbocycles. The number of carbonyl (C=O) groups excluding carboxylic acids is 3. The van der Waals surface area contributed by atoms with Crippen LogP contribution in [0, 0.1) is 0 Å². The molecule has 8 heteroatoms. The average molecular weight is 483 g/mol. The van der Waals surface area contributed by atoms with Crippen molar-refractivity contribution in [2.75, 3.05) is 32.8 Å². The van der Waals surface area contributed by atoms with Gasteiger partial charge in [-0.2, -0.15) is 0 Å². The SMILES string of the molecule is CCOc1cc(C(=O)OC(C)C(=O)NCCc2ccccc2)ccc1OCC(=O)N1CCCCC1. The smallest absolute Gasteiger partial charge is 0.339 e. The summed E-state index contributed by atoms with van der Waals surface area (Å²) in [5.41, 5.74) is 1.34. The highest BCUT2D eigenvalue weighted by molar-refractivity contribution is 5.93. The minimum Gasteiger partial charge on any atom is -0.490 e. The Labute approximate surface area is 206 Å². The van der Waals surface area contributed by atoms with Gasteiger partial charge in [0.1, 0.15) is 0 Å². The first-order valence-electron chi connectivity index (χ1n) is 12.2. The second kappa shape index (κ2) is 13.4. The molecule has 0 bridgehead atoms. The van der Waals surface area contributed by atoms with E-state index in [1.165, 1.54) is 19.1 Å². The molecular weight excluding hydrogens is 448 g/mol. The van der Waals surface area contributed by atoms with Crippen molar-refractivity contribution >= 4 is 17.8 Å². The van der Waals surface area contributed by atoms with Crippen molar-refractivity contribution in [1.29, 1.82) is 0 Å². The summed E-state index contributed by atoms with van der Waals surface area (Å²) in [6, 6.07) is 14.4. The van der Waals surface area contributed by atoms with Gasteiger partial charge >= 0.3 is 5.97 Å². The van der Waals surface area contributed by atoms with Gasteiger partial charge in [-0.3, -0.25) is 9.59 Å². The predicted octanol–water partition coefficient (Wildman–Crippen LogP) is 3.38. The van der Waals surface area contributed by atoms with Crippen LogP contribution in [0.2, 0.25) is 0 Å². The predicted molar refractivity (Wildman–Crippen MR) is 132 cm³/mol. The minimum atomic E-state index is -0.952. The lowest BCUT2D eigenvalue weighted by Crippen LogP contribution is -2.38. The molecule has 1 unspecified atom stereocenters. The standard InChI is InChI=1S/C27H34N2O6/c1-3-33-24-18-22(12-13-23(24)34-19-25(30)29-16-8-5-9-17-29)27(32)35-20(2)26(31)28-15-14-21-10-6-4-7-11-21/h4,6-7,10-13,18,20H,3,5,8-9,14-17,19H2,1-2H3,(H,28,31). The number of hydrogen-bond donors (Lipinski definition) is 1. The molecule has 3 rings (SSSR count). The molecule has 0 spiro atoms. The maximum atomic E-state index is 12.6. The van der Waals surface area contributed by atoms with E-state index < -0.39 is 12.1 Å². The molecule has 2 aromatic carbocycles. The number of likely N-dealkylation sites (tertiary alicyclic amines) is 1. The van der Waals surface area contributed by atoms with E-state index in [1.807, 2.05) is 42.2 Å². The van der Waals surface area contributed by atoms with Crippen LogP contribution in [0.25, 0.3) is 0 Å². The van der Waals surface area contributed by atoms with Crippen molar-refractivity contribution in [2.45, 2.75) is 45.6 Å². The van der Waals surface area contributed by atoms with Crippen molar-refractivity contribution in [3.05, 3.63) is 59.7 Å². The van der Waals surface area contributed by atoms with Crippen molar-refractivity contribution in [2.24, 2.45) is 0 Å². The van der Waals surface area contributed by atoms with Crippen LogP contribution in [0.5, 0.6) is 11.5 Å². The molecule has 1 N–H and O–H groups in total. The normalized spacial score (nSPS) is 14.1. The van der Waals surface area contributed by atoms with Crippen LogP contribution in [0.3, 0.4) is 0 Å². The van der Waals surface area contributed by atoms with Gasteiger partial charge in [-0.05, 0) is 63.3 Å². The Morgan fingerprint density at radius 3 is 2.43 bits per heavy atom. The monoisotopic (exact) mass is 482 g/mol. The summed E-state index contributed by atoms with van der Waals surface area (Å²) in [5.74, 6) is -0.361. The highest BCUT2D eigenvalue weighted by Gasteiger charge is 2.21. The fourth-order valence-corrected chi connectivity index (χ4v) is 3.80. The average Bonchev–Trinajstić information content (AvgIpc) is 2.88. The summed E-state index contributed by atoms with van der Waals surface area (Å²) in [6.07, 6.45) is 2.90. The van der Waals surface area contributed by atoms with E-state index >= 15 is 0 Å². The van der Waals surface area contributed by atoms with Crippen LogP contribution in [0.15, 0.2) is 48.5 Å². The summed E-state index contributed by atoms with van der Waals surface area (Å²) in [5, 5.41) is 2.79. The largest absolute Gasteiger partial charge is 0.490 e. The van der Waals surface area contributed by atoms with Crippen molar-refractivity contribution in [3.63, 3.8) is 0 Å². The summed E-state index contributed by atoms with van der Waals surface area (Å²) >= 11 is 0. The van der Waals surface area contributed by atoms with Crippen LogP contribution in [-0.2, 0) is 20.7 Å². The van der Waals surface area contributed by atoms with E-state index in [2.05, 4.69) is 5.32 Å². The highest BCUT2D eigenvalue weighted by Crippen LogP contribution is 2.29. The van der Waals surface area contributed by atoms with Gasteiger partial charge in [0.25, 0.3) is 11.8 Å². The molecule has 1 heterocycles. The van der Waals surface area contributed by atoms with Gasteiger partial charge in [0.2, 0.25) is 0 Å². The van der Waals surface area contributed by atoms with Gasteiger partial charge in [-0.25, -0.2) is 4.79 Å². The van der Waals surface area contributed by atoms with Gasteiger partial charge in [-0.15, -0.1) is 0 Å². The zero-order valence-corrected chi connectivity index (χ0v) is 20.5. The Kier molecular flexibility index (Phi) is 9.95. The number of carbonyl (C=O) groups is 3. The second-order valence-electron chi connectivity index (χ2n) is 8.40. The number of rotatable bonds is 11. The van der Waals surface area contributed by atoms with Crippen LogP contribution in [0.1, 0.15) is 49.0 Å². The summed E-state index contributed by atoms with van der Waals surface area (Å²) in [4.78, 5) is 39.2. The van der Waals surface area contributed by atoms with Gasteiger partial charge in [-0.1, -0.05) is 30.3 Å². The molecule has 8 nitrogen and oxygen atoms in total. The second-order valence-corrected chi connectivity index (χ2v) is 8.40. The molecule has 2 amide bonds. The van der Waals surface area contributed by atoms with Crippen LogP contribution in [0.4, 0.5) is 0 Å². The van der Waals surface area contributed by atoms with Crippen LogP contribution in [-0.4, -0.2) is 61.6 Å². The Hall–Kier alpha value is -3.55. The maximum absolute atomic E-state index is 12.6. The summed E-state index contributed by atoms with van der Waals surface area (Å²) in [7, 11) is 0. The fourth-order valence-electron chi connectivity index (χ4n) is 3.80. The van der Waals surface area contributed by atoms with Crippen molar-refractivity contribution < 1.29 is 28.6 Å². The lowest BCUT2D eigenvalue weighted by molar-refractivity contribution is -0.134. The lowest BCUT2D eigenvalue weighted by atomic mass is 10.1. The molecule has 1 atom stereocenters. The first kappa shape index (κ1) is 26.1. The molecule has 1 fully saturated rings. The topological polar surface area (TPSA) is 94.2 Å². The van der Waals surface area contributed by atoms with E-state index in [9.17, 15) is 14.4 Å². The summed E-state index contributed by atoms with van der Waals surface area (Å²) < 4.78 is 16.7. The van der Waals surface area contributed by atoms with E-state index in [0.717, 1.165) is 37.9 Å². The van der Waals surface area contributed by atoms with Gasteiger partial charge in [0.15, 0.2) is 24.2 Å². The van der Waals surface area contributed by atoms with E-state index in [1.54, 1.807) is 6.07 Å². The third-order valence-corrected chi connectivity index (χ3v) is 5.75. The molecule has 188 valence electrons. The zero-order valence-electron chi connectivity index (χ0n) is 20.5. The first-order valence-corrected chi connectivity index (χ1v) is 12.2. The third-order valence-electron chi connectivity index (χ3n) is 5.75. The molecule has 1 aliphatic heterocycles. The maximum Gasteiger partial charge on any atom is 0.339 e. The minimum absolute atomic E-state index is 0.0669. The Morgan fingerprint density at radius 1 is 0.971 bits per heavy atom. The number of nitrogens with one attached hydrogen (secondary N) is 1. The highest BCUT2D eigenvalue weighted by atomic mass is 16.5. The molecule has 0 radical (unpaired) electrons. The molecule has 1 aliphatic rings. The number of amides is 2. The fraction of sp³-hybridized carbons (Fsp3) is 0.444. The van der Waals surface area contributed by atoms with Crippen molar-refractivity contribution in [3.8, 4) is 11.5 Å². The van der Waals surface area contributed by atoms with Gasteiger partial charge in [0.05, 0.1) is 12.2 Å². The molecule has 2 aromatic rings. The quantitative estimate of drug-likeness (QED) is 0.494. The van der Waals surface area contributed by atoms with Gasteiger partial charge in [0, 0.05) is 19.6 Å². The molecule has 35 heavy (non-hydrogen) atoms. The molecular formula is C27H34N2O6. The number of esters is 1. The van der Waals surface area contributed by atoms with E-state index in [-0.39, 0.29) is 24.0 Å². The Bertz CT molecular complexity index is 988. The Balaban J connectivity index is 1.52. The number of benzene rings is 2. The number of hydrogen-bond acceptors (Lipinski definition) is 6. The third kappa shape index (κ3) is 8.02. The van der Waals surface area contributed by atoms with E-state index in [0.29, 0.717) is 31.1 Å². The molecule has 0 aromatic heterocycles.